The first-order chi connectivity index (χ1) is 15.0. The van der Waals surface area contributed by atoms with Gasteiger partial charge in [0.2, 0.25) is 0 Å². The molecule has 1 amide bonds. The lowest BCUT2D eigenvalue weighted by molar-refractivity contribution is 0.0933. The van der Waals surface area contributed by atoms with Crippen molar-refractivity contribution in [1.82, 2.24) is 14.9 Å². The zero-order valence-corrected chi connectivity index (χ0v) is 19.0. The molecule has 0 bridgehead atoms. The van der Waals surface area contributed by atoms with E-state index in [2.05, 4.69) is 24.1 Å². The highest BCUT2D eigenvalue weighted by Gasteiger charge is 2.18. The van der Waals surface area contributed by atoms with Gasteiger partial charge in [0.05, 0.1) is 19.3 Å². The number of rotatable bonds is 10. The second kappa shape index (κ2) is 10.8. The third-order valence-corrected chi connectivity index (χ3v) is 5.06. The number of ether oxygens (including phenoxy) is 2. The molecule has 0 aliphatic carbocycles. The summed E-state index contributed by atoms with van der Waals surface area (Å²) in [5, 5.41) is 3.06. The van der Waals surface area contributed by atoms with Crippen LogP contribution >= 0.6 is 12.2 Å². The van der Waals surface area contributed by atoms with Crippen LogP contribution in [-0.4, -0.2) is 28.7 Å². The van der Waals surface area contributed by atoms with Crippen LogP contribution in [0, 0.1) is 4.77 Å². The molecule has 0 aliphatic heterocycles. The largest absolute Gasteiger partial charge is 0.490 e. The third kappa shape index (κ3) is 5.55. The highest BCUT2D eigenvalue weighted by molar-refractivity contribution is 7.71. The molecule has 164 valence electrons. The van der Waals surface area contributed by atoms with Crippen LogP contribution in [0.3, 0.4) is 0 Å². The van der Waals surface area contributed by atoms with Gasteiger partial charge in [0.15, 0.2) is 16.3 Å². The summed E-state index contributed by atoms with van der Waals surface area (Å²) >= 11 is 5.38. The number of aromatic nitrogens is 2. The average molecular weight is 440 g/mol. The number of para-hydroxylation sites is 1. The summed E-state index contributed by atoms with van der Waals surface area (Å²) in [4.78, 5) is 16.0. The van der Waals surface area contributed by atoms with Gasteiger partial charge in [-0.1, -0.05) is 38.1 Å². The maximum atomic E-state index is 13.0. The van der Waals surface area contributed by atoms with Crippen molar-refractivity contribution >= 4 is 18.1 Å². The maximum absolute atomic E-state index is 13.0. The predicted molar refractivity (Wildman–Crippen MR) is 125 cm³/mol. The molecule has 0 saturated heterocycles. The summed E-state index contributed by atoms with van der Waals surface area (Å²) in [6, 6.07) is 15.1. The van der Waals surface area contributed by atoms with Crippen LogP contribution in [-0.2, 0) is 0 Å². The normalized spacial score (nSPS) is 11.7. The molecule has 1 atom stereocenters. The van der Waals surface area contributed by atoms with E-state index in [1.807, 2.05) is 55.5 Å². The van der Waals surface area contributed by atoms with Crippen molar-refractivity contribution in [1.29, 1.82) is 0 Å². The molecule has 31 heavy (non-hydrogen) atoms. The van der Waals surface area contributed by atoms with Crippen LogP contribution in [0.4, 0.5) is 0 Å². The molecule has 6 nitrogen and oxygen atoms in total. The van der Waals surface area contributed by atoms with E-state index in [4.69, 9.17) is 21.7 Å². The van der Waals surface area contributed by atoms with E-state index in [-0.39, 0.29) is 11.9 Å². The minimum Gasteiger partial charge on any atom is -0.490 e. The fourth-order valence-corrected chi connectivity index (χ4v) is 3.44. The van der Waals surface area contributed by atoms with Gasteiger partial charge in [-0.15, -0.1) is 0 Å². The highest BCUT2D eigenvalue weighted by Crippen LogP contribution is 2.31. The lowest BCUT2D eigenvalue weighted by atomic mass is 10.1. The molecule has 3 aromatic rings. The van der Waals surface area contributed by atoms with Crippen molar-refractivity contribution in [3.05, 3.63) is 70.8 Å². The van der Waals surface area contributed by atoms with Crippen LogP contribution in [0.5, 0.6) is 11.5 Å². The number of imidazole rings is 1. The molecule has 0 aliphatic rings. The van der Waals surface area contributed by atoms with Crippen molar-refractivity contribution in [2.75, 3.05) is 13.2 Å². The summed E-state index contributed by atoms with van der Waals surface area (Å²) in [6.45, 7) is 7.30. The van der Waals surface area contributed by atoms with Crippen molar-refractivity contribution in [2.45, 2.75) is 39.7 Å². The monoisotopic (exact) mass is 439 g/mol. The van der Waals surface area contributed by atoms with Crippen molar-refractivity contribution in [3.8, 4) is 17.2 Å². The van der Waals surface area contributed by atoms with E-state index in [0.29, 0.717) is 29.4 Å². The maximum Gasteiger partial charge on any atom is 0.270 e. The first kappa shape index (κ1) is 22.6. The fourth-order valence-electron chi connectivity index (χ4n) is 3.17. The lowest BCUT2D eigenvalue weighted by Crippen LogP contribution is -2.28. The first-order valence-corrected chi connectivity index (χ1v) is 11.0. The number of hydrogen-bond acceptors (Lipinski definition) is 4. The Kier molecular flexibility index (Phi) is 7.89. The number of nitrogens with zero attached hydrogens (tertiary/aromatic N) is 1. The van der Waals surface area contributed by atoms with Crippen molar-refractivity contribution in [3.63, 3.8) is 0 Å². The Morgan fingerprint density at radius 2 is 1.74 bits per heavy atom. The number of H-pyrrole nitrogens is 1. The zero-order valence-electron chi connectivity index (χ0n) is 18.2. The zero-order chi connectivity index (χ0) is 22.2. The summed E-state index contributed by atoms with van der Waals surface area (Å²) in [5.74, 6) is 1.20. The standard InChI is InChI=1S/C24H29N3O3S/c1-4-13-29-21-12-11-18(15-22(21)30-14-5-2)17(3)26-23(28)20-16-25-24(31)27(20)19-9-7-6-8-10-19/h6-12,15-17H,4-5,13-14H2,1-3H3,(H,25,31)(H,26,28). The molecular formula is C24H29N3O3S. The number of benzene rings is 2. The lowest BCUT2D eigenvalue weighted by Gasteiger charge is -2.18. The molecule has 1 heterocycles. The molecule has 1 unspecified atom stereocenters. The van der Waals surface area contributed by atoms with E-state index >= 15 is 0 Å². The summed E-state index contributed by atoms with van der Waals surface area (Å²) in [6.07, 6.45) is 3.46. The van der Waals surface area contributed by atoms with Gasteiger partial charge in [0.25, 0.3) is 5.91 Å². The van der Waals surface area contributed by atoms with Gasteiger partial charge in [-0.2, -0.15) is 0 Å². The Labute approximate surface area is 188 Å². The molecule has 2 N–H and O–H groups in total. The van der Waals surface area contributed by atoms with E-state index in [0.717, 1.165) is 29.8 Å². The van der Waals surface area contributed by atoms with Gasteiger partial charge >= 0.3 is 0 Å². The van der Waals surface area contributed by atoms with Crippen LogP contribution in [0.2, 0.25) is 0 Å². The fraction of sp³-hybridized carbons (Fsp3) is 0.333. The van der Waals surface area contributed by atoms with Gasteiger partial charge in [-0.05, 0) is 61.8 Å². The van der Waals surface area contributed by atoms with E-state index < -0.39 is 0 Å². The average Bonchev–Trinajstić information content (AvgIpc) is 3.18. The van der Waals surface area contributed by atoms with Gasteiger partial charge in [-0.3, -0.25) is 9.36 Å². The Hall–Kier alpha value is -3.06. The highest BCUT2D eigenvalue weighted by atomic mass is 32.1. The second-order valence-electron chi connectivity index (χ2n) is 7.25. The van der Waals surface area contributed by atoms with Gasteiger partial charge in [0.1, 0.15) is 5.69 Å². The minimum absolute atomic E-state index is 0.217. The molecule has 0 fully saturated rings. The summed E-state index contributed by atoms with van der Waals surface area (Å²) in [5.41, 5.74) is 2.22. The topological polar surface area (TPSA) is 68.3 Å². The molecule has 3 rings (SSSR count). The van der Waals surface area contributed by atoms with E-state index in [1.54, 1.807) is 10.8 Å². The quantitative estimate of drug-likeness (QED) is 0.403. The molecule has 2 aromatic carbocycles. The smallest absolute Gasteiger partial charge is 0.270 e. The van der Waals surface area contributed by atoms with Crippen LogP contribution < -0.4 is 14.8 Å². The number of nitrogens with one attached hydrogen (secondary N) is 2. The predicted octanol–water partition coefficient (Wildman–Crippen LogP) is 5.60. The second-order valence-corrected chi connectivity index (χ2v) is 7.63. The molecular weight excluding hydrogens is 410 g/mol. The Morgan fingerprint density at radius 3 is 2.42 bits per heavy atom. The Morgan fingerprint density at radius 1 is 1.06 bits per heavy atom. The number of carbonyl (C=O) groups excluding carboxylic acids is 1. The molecule has 7 heteroatoms. The van der Waals surface area contributed by atoms with Crippen LogP contribution in [0.15, 0.2) is 54.7 Å². The number of carbonyl (C=O) groups is 1. The van der Waals surface area contributed by atoms with Crippen LogP contribution in [0.25, 0.3) is 5.69 Å². The minimum atomic E-state index is -0.232. The SMILES string of the molecule is CCCOc1ccc(C(C)NC(=O)c2c[nH]c(=S)n2-c2ccccc2)cc1OCCC. The number of hydrogen-bond donors (Lipinski definition) is 2. The molecule has 0 spiro atoms. The first-order valence-electron chi connectivity index (χ1n) is 10.6. The van der Waals surface area contributed by atoms with Gasteiger partial charge in [0, 0.05) is 11.9 Å². The summed E-state index contributed by atoms with van der Waals surface area (Å²) < 4.78 is 13.9. The van der Waals surface area contributed by atoms with Gasteiger partial charge in [-0.25, -0.2) is 0 Å². The van der Waals surface area contributed by atoms with Crippen molar-refractivity contribution in [2.24, 2.45) is 0 Å². The van der Waals surface area contributed by atoms with E-state index in [1.165, 1.54) is 0 Å². The van der Waals surface area contributed by atoms with Gasteiger partial charge < -0.3 is 19.8 Å². The third-order valence-electron chi connectivity index (χ3n) is 4.76. The summed E-state index contributed by atoms with van der Waals surface area (Å²) in [7, 11) is 0. The van der Waals surface area contributed by atoms with Crippen LogP contribution in [0.1, 0.15) is 55.7 Å². The Balaban J connectivity index is 1.81. The van der Waals surface area contributed by atoms with E-state index in [9.17, 15) is 4.79 Å². The van der Waals surface area contributed by atoms with Crippen molar-refractivity contribution < 1.29 is 14.3 Å². The molecule has 0 saturated carbocycles. The number of aromatic amines is 1. The molecule has 0 radical (unpaired) electrons. The number of amides is 1. The Bertz CT molecular complexity index is 1060. The molecule has 1 aromatic heterocycles.